The monoisotopic (exact) mass is 422 g/mol. The van der Waals surface area contributed by atoms with Crippen molar-refractivity contribution in [3.8, 4) is 0 Å². The highest BCUT2D eigenvalue weighted by Gasteiger charge is 2.16. The molecular weight excluding hydrogens is 390 g/mol. The van der Waals surface area contributed by atoms with Crippen molar-refractivity contribution in [3.05, 3.63) is 76.5 Å². The second kappa shape index (κ2) is 11.4. The molecule has 1 saturated heterocycles. The lowest BCUT2D eigenvalue weighted by Crippen LogP contribution is -3.14. The van der Waals surface area contributed by atoms with E-state index in [1.54, 1.807) is 18.2 Å². The number of aryl methyl sites for hydroxylation is 2. The van der Waals surface area contributed by atoms with E-state index >= 15 is 0 Å². The molecule has 6 nitrogen and oxygen atoms in total. The maximum absolute atomic E-state index is 12.9. The molecule has 2 amide bonds. The third kappa shape index (κ3) is 7.35. The third-order valence-electron chi connectivity index (χ3n) is 5.39. The van der Waals surface area contributed by atoms with Crippen molar-refractivity contribution in [3.63, 3.8) is 0 Å². The predicted octanol–water partition coefficient (Wildman–Crippen LogP) is 1.50. The van der Waals surface area contributed by atoms with E-state index in [4.69, 9.17) is 4.74 Å². The molecule has 1 heterocycles. The zero-order valence-corrected chi connectivity index (χ0v) is 18.4. The zero-order chi connectivity index (χ0) is 22.1. The van der Waals surface area contributed by atoms with Gasteiger partial charge in [-0.1, -0.05) is 47.5 Å². The Bertz CT molecular complexity index is 899. The smallest absolute Gasteiger partial charge is 0.267 e. The summed E-state index contributed by atoms with van der Waals surface area (Å²) >= 11 is 0. The summed E-state index contributed by atoms with van der Waals surface area (Å²) in [6.45, 7) is 9.17. The van der Waals surface area contributed by atoms with Crippen LogP contribution in [0.15, 0.2) is 54.2 Å². The number of amides is 2. The summed E-state index contributed by atoms with van der Waals surface area (Å²) in [4.78, 5) is 27.1. The molecule has 1 fully saturated rings. The van der Waals surface area contributed by atoms with E-state index in [1.165, 1.54) is 4.90 Å². The Kier molecular flexibility index (Phi) is 8.38. The van der Waals surface area contributed by atoms with E-state index in [-0.39, 0.29) is 17.5 Å². The number of morpholine rings is 1. The van der Waals surface area contributed by atoms with Crippen LogP contribution in [-0.4, -0.2) is 51.2 Å². The Labute approximate surface area is 184 Å². The largest absolute Gasteiger partial charge is 0.370 e. The van der Waals surface area contributed by atoms with Gasteiger partial charge in [0, 0.05) is 18.5 Å². The molecule has 1 aliphatic rings. The van der Waals surface area contributed by atoms with E-state index in [2.05, 4.69) is 10.6 Å². The molecule has 3 rings (SSSR count). The number of hydrogen-bond donors (Lipinski definition) is 3. The number of rotatable bonds is 8. The minimum absolute atomic E-state index is 0.244. The molecule has 6 heteroatoms. The molecule has 2 aromatic carbocycles. The first-order valence-electron chi connectivity index (χ1n) is 10.9. The summed E-state index contributed by atoms with van der Waals surface area (Å²) < 4.78 is 5.38. The van der Waals surface area contributed by atoms with Crippen molar-refractivity contribution >= 4 is 17.9 Å². The van der Waals surface area contributed by atoms with Crippen LogP contribution in [0.3, 0.4) is 0 Å². The average Bonchev–Trinajstić information content (AvgIpc) is 2.78. The molecule has 0 unspecified atom stereocenters. The summed E-state index contributed by atoms with van der Waals surface area (Å²) in [6, 6.07) is 15.1. The highest BCUT2D eigenvalue weighted by atomic mass is 16.5. The quantitative estimate of drug-likeness (QED) is 0.446. The van der Waals surface area contributed by atoms with E-state index in [0.29, 0.717) is 12.1 Å². The van der Waals surface area contributed by atoms with Crippen molar-refractivity contribution < 1.29 is 19.2 Å². The van der Waals surface area contributed by atoms with Crippen LogP contribution >= 0.6 is 0 Å². The Morgan fingerprint density at radius 1 is 0.968 bits per heavy atom. The highest BCUT2D eigenvalue weighted by molar-refractivity contribution is 6.05. The molecule has 0 spiro atoms. The Morgan fingerprint density at radius 2 is 1.58 bits per heavy atom. The molecule has 31 heavy (non-hydrogen) atoms. The first kappa shape index (κ1) is 22.7. The van der Waals surface area contributed by atoms with Gasteiger partial charge in [0.05, 0.1) is 19.8 Å². The molecule has 0 bridgehead atoms. The van der Waals surface area contributed by atoms with Crippen LogP contribution in [0.4, 0.5) is 0 Å². The molecule has 3 N–H and O–H groups in total. The number of ether oxygens (including phenoxy) is 1. The number of quaternary nitrogens is 1. The van der Waals surface area contributed by atoms with Gasteiger partial charge < -0.3 is 20.3 Å². The first-order valence-corrected chi connectivity index (χ1v) is 10.9. The number of carbonyl (C=O) groups is 2. The fraction of sp³-hybridized carbons (Fsp3) is 0.360. The topological polar surface area (TPSA) is 71.9 Å². The molecule has 0 saturated carbocycles. The molecule has 1 aliphatic heterocycles. The zero-order valence-electron chi connectivity index (χ0n) is 18.4. The maximum Gasteiger partial charge on any atom is 0.267 e. The first-order chi connectivity index (χ1) is 15.0. The van der Waals surface area contributed by atoms with E-state index in [0.717, 1.165) is 56.0 Å². The predicted molar refractivity (Wildman–Crippen MR) is 122 cm³/mol. The summed E-state index contributed by atoms with van der Waals surface area (Å²) in [5.41, 5.74) is 3.83. The Balaban J connectivity index is 1.64. The highest BCUT2D eigenvalue weighted by Crippen LogP contribution is 2.09. The van der Waals surface area contributed by atoms with Crippen molar-refractivity contribution in [1.82, 2.24) is 10.6 Å². The molecule has 164 valence electrons. The van der Waals surface area contributed by atoms with E-state index in [1.807, 2.05) is 50.2 Å². The van der Waals surface area contributed by atoms with Crippen molar-refractivity contribution in [2.75, 3.05) is 39.4 Å². The van der Waals surface area contributed by atoms with E-state index in [9.17, 15) is 9.59 Å². The van der Waals surface area contributed by atoms with Gasteiger partial charge in [0.2, 0.25) is 0 Å². The number of carbonyl (C=O) groups excluding carboxylic acids is 2. The second-order valence-corrected chi connectivity index (χ2v) is 8.01. The molecule has 2 aromatic rings. The summed E-state index contributed by atoms with van der Waals surface area (Å²) in [5.74, 6) is -0.579. The minimum atomic E-state index is -0.300. The molecular formula is C25H32N3O3+. The van der Waals surface area contributed by atoms with Gasteiger partial charge in [0.1, 0.15) is 18.8 Å². The lowest BCUT2D eigenvalue weighted by atomic mass is 10.1. The van der Waals surface area contributed by atoms with Crippen LogP contribution in [0.2, 0.25) is 0 Å². The lowest BCUT2D eigenvalue weighted by molar-refractivity contribution is -0.908. The fourth-order valence-corrected chi connectivity index (χ4v) is 3.43. The van der Waals surface area contributed by atoms with Gasteiger partial charge in [-0.2, -0.15) is 0 Å². The second-order valence-electron chi connectivity index (χ2n) is 8.01. The van der Waals surface area contributed by atoms with Gasteiger partial charge in [-0.05, 0) is 37.6 Å². The van der Waals surface area contributed by atoms with Crippen LogP contribution in [0.25, 0.3) is 6.08 Å². The molecule has 0 aliphatic carbocycles. The molecule has 0 aromatic heterocycles. The van der Waals surface area contributed by atoms with Crippen molar-refractivity contribution in [2.45, 2.75) is 20.3 Å². The molecule has 0 radical (unpaired) electrons. The summed E-state index contributed by atoms with van der Waals surface area (Å²) in [7, 11) is 0. The Hall–Kier alpha value is -2.96. The summed E-state index contributed by atoms with van der Waals surface area (Å²) in [6.07, 6.45) is 2.60. The lowest BCUT2D eigenvalue weighted by Gasteiger charge is -2.23. The van der Waals surface area contributed by atoms with Crippen LogP contribution in [0.1, 0.15) is 33.5 Å². The molecule has 0 atom stereocenters. The van der Waals surface area contributed by atoms with Crippen LogP contribution in [0, 0.1) is 13.8 Å². The van der Waals surface area contributed by atoms with Gasteiger partial charge >= 0.3 is 0 Å². The number of hydrogen-bond acceptors (Lipinski definition) is 3. The number of benzene rings is 2. The number of nitrogens with one attached hydrogen (secondary N) is 3. The Morgan fingerprint density at radius 3 is 2.23 bits per heavy atom. The minimum Gasteiger partial charge on any atom is -0.370 e. The van der Waals surface area contributed by atoms with Gasteiger partial charge in [-0.25, -0.2) is 0 Å². The fourth-order valence-electron chi connectivity index (χ4n) is 3.43. The normalized spacial score (nSPS) is 14.8. The standard InChI is InChI=1S/C25H31N3O3/c1-19-4-8-21(9-5-19)18-23(27-24(29)22-10-6-20(2)7-11-22)25(30)26-12-3-13-28-14-16-31-17-15-28/h4-11,18H,3,12-17H2,1-2H3,(H,26,30)(H,27,29)/p+1/b23-18+. The SMILES string of the molecule is Cc1ccc(/C=C(/NC(=O)c2ccc(C)cc2)C(=O)NCCC[NH+]2CCOCC2)cc1. The van der Waals surface area contributed by atoms with E-state index < -0.39 is 0 Å². The van der Waals surface area contributed by atoms with Gasteiger partial charge in [-0.3, -0.25) is 9.59 Å². The van der Waals surface area contributed by atoms with Crippen LogP contribution in [0.5, 0.6) is 0 Å². The average molecular weight is 423 g/mol. The van der Waals surface area contributed by atoms with Crippen molar-refractivity contribution in [2.24, 2.45) is 0 Å². The van der Waals surface area contributed by atoms with Crippen molar-refractivity contribution in [1.29, 1.82) is 0 Å². The van der Waals surface area contributed by atoms with Crippen LogP contribution in [-0.2, 0) is 9.53 Å². The van der Waals surface area contributed by atoms with Crippen LogP contribution < -0.4 is 15.5 Å². The summed E-state index contributed by atoms with van der Waals surface area (Å²) in [5, 5.41) is 5.75. The third-order valence-corrected chi connectivity index (χ3v) is 5.39. The maximum atomic E-state index is 12.9. The van der Waals surface area contributed by atoms with Gasteiger partial charge in [0.25, 0.3) is 11.8 Å². The van der Waals surface area contributed by atoms with Gasteiger partial charge in [-0.15, -0.1) is 0 Å². The van der Waals surface area contributed by atoms with Gasteiger partial charge in [0.15, 0.2) is 0 Å².